The quantitative estimate of drug-likeness (QED) is 0.581. The molecule has 4 N–H and O–H groups in total. The van der Waals surface area contributed by atoms with E-state index in [-0.39, 0.29) is 24.0 Å². The average molecular weight is 363 g/mol. The Labute approximate surface area is 153 Å². The van der Waals surface area contributed by atoms with Crippen LogP contribution in [0.2, 0.25) is 6.32 Å². The summed E-state index contributed by atoms with van der Waals surface area (Å²) < 4.78 is 14.7. The molecule has 142 valence electrons. The third kappa shape index (κ3) is 3.52. The van der Waals surface area contributed by atoms with Gasteiger partial charge in [0.05, 0.1) is 5.41 Å². The normalized spacial score (nSPS) is 25.9. The molecule has 0 spiro atoms. The van der Waals surface area contributed by atoms with E-state index in [0.29, 0.717) is 24.8 Å². The van der Waals surface area contributed by atoms with Gasteiger partial charge in [-0.3, -0.25) is 4.79 Å². The maximum absolute atomic E-state index is 14.7. The molecule has 2 aliphatic rings. The number of halogens is 1. The second-order valence-corrected chi connectivity index (χ2v) is 7.88. The number of nitrogens with one attached hydrogen (secondary N) is 1. The van der Waals surface area contributed by atoms with E-state index in [0.717, 1.165) is 37.1 Å². The van der Waals surface area contributed by atoms with Gasteiger partial charge in [-0.1, -0.05) is 12.5 Å². The molecule has 0 amide bonds. The minimum Gasteiger partial charge on any atom is -0.481 e. The standard InChI is InChI=1S/C19H27BFNO4/c1-19(18(23)24)14(3-2-6-20(25)26)9-13-10-17(21)15(11-16(13)19)12-4-7-22-8-5-12/h10-12,14,22,25-26H,2-9H2,1H3,(H,23,24)/t14-,19-/m0/s1. The molecule has 0 bridgehead atoms. The van der Waals surface area contributed by atoms with E-state index in [1.807, 2.05) is 0 Å². The molecule has 0 aromatic heterocycles. The van der Waals surface area contributed by atoms with Gasteiger partial charge in [0.15, 0.2) is 0 Å². The molecule has 1 aromatic carbocycles. The number of carboxylic acids is 1. The van der Waals surface area contributed by atoms with Crippen molar-refractivity contribution in [3.05, 3.63) is 34.6 Å². The van der Waals surface area contributed by atoms with E-state index in [9.17, 15) is 14.3 Å². The highest BCUT2D eigenvalue weighted by Crippen LogP contribution is 2.47. The minimum atomic E-state index is -1.38. The molecule has 0 saturated carbocycles. The first-order valence-corrected chi connectivity index (χ1v) is 9.47. The van der Waals surface area contributed by atoms with Crippen LogP contribution in [-0.2, 0) is 16.6 Å². The van der Waals surface area contributed by atoms with Gasteiger partial charge in [0.1, 0.15) is 5.82 Å². The number of carboxylic acid groups (broad SMARTS) is 1. The zero-order chi connectivity index (χ0) is 18.9. The summed E-state index contributed by atoms with van der Waals surface area (Å²) in [6, 6.07) is 3.34. The maximum atomic E-state index is 14.7. The number of benzene rings is 1. The Morgan fingerprint density at radius 3 is 2.65 bits per heavy atom. The summed E-state index contributed by atoms with van der Waals surface area (Å²) >= 11 is 0. The van der Waals surface area contributed by atoms with Crippen LogP contribution in [0.15, 0.2) is 12.1 Å². The lowest BCUT2D eigenvalue weighted by atomic mass is 9.72. The van der Waals surface area contributed by atoms with E-state index in [1.165, 1.54) is 6.07 Å². The molecule has 7 heteroatoms. The number of hydrogen-bond acceptors (Lipinski definition) is 4. The Kier molecular flexibility index (Phi) is 5.70. The molecule has 0 unspecified atom stereocenters. The smallest absolute Gasteiger partial charge is 0.451 e. The van der Waals surface area contributed by atoms with E-state index in [1.54, 1.807) is 13.0 Å². The second kappa shape index (κ2) is 7.67. The van der Waals surface area contributed by atoms with Crippen molar-refractivity contribution in [1.82, 2.24) is 5.32 Å². The minimum absolute atomic E-state index is 0.128. The SMILES string of the molecule is C[C@@]1(C(=O)O)c2cc(C3CCNCC3)c(F)cc2C[C@@H]1CCCB(O)O. The average Bonchev–Trinajstić information content (AvgIpc) is 2.87. The topological polar surface area (TPSA) is 89.8 Å². The molecular weight excluding hydrogens is 336 g/mol. The Morgan fingerprint density at radius 2 is 2.04 bits per heavy atom. The van der Waals surface area contributed by atoms with E-state index in [4.69, 9.17) is 10.0 Å². The van der Waals surface area contributed by atoms with Crippen molar-refractivity contribution in [2.75, 3.05) is 13.1 Å². The van der Waals surface area contributed by atoms with Crippen molar-refractivity contribution < 1.29 is 24.3 Å². The molecule has 26 heavy (non-hydrogen) atoms. The van der Waals surface area contributed by atoms with Crippen molar-refractivity contribution in [2.45, 2.75) is 56.7 Å². The zero-order valence-electron chi connectivity index (χ0n) is 15.2. The van der Waals surface area contributed by atoms with Crippen LogP contribution >= 0.6 is 0 Å². The Morgan fingerprint density at radius 1 is 1.35 bits per heavy atom. The fourth-order valence-electron chi connectivity index (χ4n) is 4.65. The van der Waals surface area contributed by atoms with Gasteiger partial charge in [0, 0.05) is 0 Å². The summed E-state index contributed by atoms with van der Waals surface area (Å²) in [5.41, 5.74) is 1.09. The van der Waals surface area contributed by atoms with Crippen molar-refractivity contribution in [2.24, 2.45) is 5.92 Å². The molecule has 1 aliphatic carbocycles. The van der Waals surface area contributed by atoms with Gasteiger partial charge in [-0.05, 0) is 86.6 Å². The predicted octanol–water partition coefficient (Wildman–Crippen LogP) is 2.06. The monoisotopic (exact) mass is 363 g/mol. The van der Waals surface area contributed by atoms with Gasteiger partial charge in [-0.25, -0.2) is 4.39 Å². The molecule has 1 aromatic rings. The molecule has 1 aliphatic heterocycles. The summed E-state index contributed by atoms with van der Waals surface area (Å²) in [5.74, 6) is -1.16. The number of piperidine rings is 1. The van der Waals surface area contributed by atoms with Crippen molar-refractivity contribution >= 4 is 13.1 Å². The van der Waals surface area contributed by atoms with Gasteiger partial charge in [0.2, 0.25) is 0 Å². The number of carbonyl (C=O) groups is 1. The summed E-state index contributed by atoms with van der Waals surface area (Å²) in [5, 5.41) is 31.3. The molecule has 3 rings (SSSR count). The largest absolute Gasteiger partial charge is 0.481 e. The molecule has 1 saturated heterocycles. The van der Waals surface area contributed by atoms with Gasteiger partial charge < -0.3 is 20.5 Å². The third-order valence-corrected chi connectivity index (χ3v) is 6.30. The van der Waals surface area contributed by atoms with Gasteiger partial charge in [-0.2, -0.15) is 0 Å². The first kappa shape index (κ1) is 19.3. The van der Waals surface area contributed by atoms with Crippen molar-refractivity contribution in [3.8, 4) is 0 Å². The summed E-state index contributed by atoms with van der Waals surface area (Å²) in [4.78, 5) is 12.2. The van der Waals surface area contributed by atoms with Gasteiger partial charge in [0.25, 0.3) is 0 Å². The number of aliphatic carboxylic acids is 1. The first-order valence-electron chi connectivity index (χ1n) is 9.47. The summed E-state index contributed by atoms with van der Waals surface area (Å²) in [6.45, 7) is 3.43. The van der Waals surface area contributed by atoms with Crippen LogP contribution in [0.3, 0.4) is 0 Å². The lowest BCUT2D eigenvalue weighted by Gasteiger charge is -2.29. The van der Waals surface area contributed by atoms with Gasteiger partial charge >= 0.3 is 13.1 Å². The van der Waals surface area contributed by atoms with E-state index < -0.39 is 18.5 Å². The number of fused-ring (bicyclic) bond motifs is 1. The van der Waals surface area contributed by atoms with Crippen LogP contribution in [0.25, 0.3) is 0 Å². The predicted molar refractivity (Wildman–Crippen MR) is 97.7 cm³/mol. The second-order valence-electron chi connectivity index (χ2n) is 7.88. The zero-order valence-corrected chi connectivity index (χ0v) is 15.2. The lowest BCUT2D eigenvalue weighted by Crippen LogP contribution is -2.37. The lowest BCUT2D eigenvalue weighted by molar-refractivity contribution is -0.145. The van der Waals surface area contributed by atoms with Crippen LogP contribution < -0.4 is 5.32 Å². The molecule has 1 heterocycles. The highest BCUT2D eigenvalue weighted by Gasteiger charge is 2.49. The Bertz CT molecular complexity index is 678. The highest BCUT2D eigenvalue weighted by molar-refractivity contribution is 6.40. The number of hydrogen-bond donors (Lipinski definition) is 4. The third-order valence-electron chi connectivity index (χ3n) is 6.30. The Balaban J connectivity index is 1.91. The first-order chi connectivity index (χ1) is 12.3. The summed E-state index contributed by atoms with van der Waals surface area (Å²) in [6.07, 6.45) is 3.55. The van der Waals surface area contributed by atoms with Crippen LogP contribution in [0.1, 0.15) is 55.2 Å². The fourth-order valence-corrected chi connectivity index (χ4v) is 4.65. The molecule has 0 radical (unpaired) electrons. The Hall–Kier alpha value is -1.44. The van der Waals surface area contributed by atoms with Gasteiger partial charge in [-0.15, -0.1) is 0 Å². The highest BCUT2D eigenvalue weighted by atomic mass is 19.1. The molecule has 5 nitrogen and oxygen atoms in total. The van der Waals surface area contributed by atoms with Crippen molar-refractivity contribution in [3.63, 3.8) is 0 Å². The molecule has 2 atom stereocenters. The van der Waals surface area contributed by atoms with E-state index >= 15 is 0 Å². The van der Waals surface area contributed by atoms with Crippen molar-refractivity contribution in [1.29, 1.82) is 0 Å². The van der Waals surface area contributed by atoms with E-state index in [2.05, 4.69) is 5.32 Å². The fraction of sp³-hybridized carbons (Fsp3) is 0.632. The maximum Gasteiger partial charge on any atom is 0.451 e. The molecular formula is C19H27BFNO4. The van der Waals surface area contributed by atoms with Crippen LogP contribution in [0, 0.1) is 11.7 Å². The number of rotatable bonds is 6. The molecule has 1 fully saturated rings. The summed E-state index contributed by atoms with van der Waals surface area (Å²) in [7, 11) is -1.38. The van der Waals surface area contributed by atoms with Crippen LogP contribution in [0.4, 0.5) is 4.39 Å². The van der Waals surface area contributed by atoms with Crippen LogP contribution in [-0.4, -0.2) is 41.3 Å². The van der Waals surface area contributed by atoms with Crippen LogP contribution in [0.5, 0.6) is 0 Å².